The molecular weight excluding hydrogens is 312 g/mol. The second-order valence-corrected chi connectivity index (χ2v) is 6.50. The van der Waals surface area contributed by atoms with E-state index in [-0.39, 0.29) is 6.04 Å². The molecule has 0 bridgehead atoms. The topological polar surface area (TPSA) is 24.1 Å². The fraction of sp³-hybridized carbons (Fsp3) is 0.278. The maximum absolute atomic E-state index is 5.97. The third-order valence-electron chi connectivity index (χ3n) is 3.53. The summed E-state index contributed by atoms with van der Waals surface area (Å²) in [7, 11) is 0. The van der Waals surface area contributed by atoms with Crippen molar-refractivity contribution in [1.29, 1.82) is 0 Å². The Balaban J connectivity index is 1.96. The van der Waals surface area contributed by atoms with Crippen molar-refractivity contribution >= 4 is 34.6 Å². The molecule has 0 aromatic heterocycles. The summed E-state index contributed by atoms with van der Waals surface area (Å²) >= 11 is 11.3. The summed E-state index contributed by atoms with van der Waals surface area (Å²) in [5.41, 5.74) is 3.43. The van der Waals surface area contributed by atoms with Crippen LogP contribution in [0.2, 0.25) is 5.02 Å². The Kier molecular flexibility index (Phi) is 5.81. The molecule has 2 nitrogen and oxygen atoms in total. The first kappa shape index (κ1) is 16.8. The molecule has 1 unspecified atom stereocenters. The van der Waals surface area contributed by atoms with Crippen molar-refractivity contribution in [3.8, 4) is 0 Å². The average Bonchev–Trinajstić information content (AvgIpc) is 2.47. The highest BCUT2D eigenvalue weighted by atomic mass is 35.5. The monoisotopic (exact) mass is 332 g/mol. The van der Waals surface area contributed by atoms with Gasteiger partial charge in [-0.15, -0.1) is 0 Å². The number of hydrogen-bond donors (Lipinski definition) is 2. The second-order valence-electron chi connectivity index (χ2n) is 5.65. The minimum absolute atomic E-state index is 0.139. The molecule has 2 aromatic carbocycles. The molecule has 0 aliphatic heterocycles. The first-order valence-corrected chi connectivity index (χ1v) is 8.17. The first-order valence-electron chi connectivity index (χ1n) is 7.38. The molecule has 0 spiro atoms. The number of rotatable bonds is 4. The molecule has 1 atom stereocenters. The van der Waals surface area contributed by atoms with Gasteiger partial charge < -0.3 is 10.6 Å². The van der Waals surface area contributed by atoms with Crippen molar-refractivity contribution in [2.24, 2.45) is 0 Å². The van der Waals surface area contributed by atoms with Crippen molar-refractivity contribution in [2.45, 2.75) is 32.7 Å². The highest BCUT2D eigenvalue weighted by molar-refractivity contribution is 7.80. The van der Waals surface area contributed by atoms with E-state index in [1.165, 1.54) is 11.1 Å². The number of hydrogen-bond acceptors (Lipinski definition) is 1. The van der Waals surface area contributed by atoms with Crippen LogP contribution < -0.4 is 10.6 Å². The van der Waals surface area contributed by atoms with Gasteiger partial charge in [0.1, 0.15) is 0 Å². The van der Waals surface area contributed by atoms with Gasteiger partial charge in [-0.1, -0.05) is 55.8 Å². The molecule has 2 aromatic rings. The summed E-state index contributed by atoms with van der Waals surface area (Å²) in [6.45, 7) is 6.48. The van der Waals surface area contributed by atoms with Gasteiger partial charge in [0.05, 0.1) is 6.04 Å². The minimum atomic E-state index is 0.139. The smallest absolute Gasteiger partial charge is 0.171 e. The lowest BCUT2D eigenvalue weighted by atomic mass is 10.00. The summed E-state index contributed by atoms with van der Waals surface area (Å²) in [5.74, 6) is 0.544. The molecule has 0 aliphatic rings. The Morgan fingerprint density at radius 3 is 2.23 bits per heavy atom. The standard InChI is InChI=1S/C18H21ClN2S/c1-12(2)14-7-9-15(10-8-14)13(3)20-18(22)21-17-6-4-5-16(19)11-17/h4-13H,1-3H3,(H2,20,21,22). The maximum Gasteiger partial charge on any atom is 0.171 e. The largest absolute Gasteiger partial charge is 0.356 e. The zero-order valence-electron chi connectivity index (χ0n) is 13.1. The summed E-state index contributed by atoms with van der Waals surface area (Å²) < 4.78 is 0. The van der Waals surface area contributed by atoms with Crippen molar-refractivity contribution in [2.75, 3.05) is 5.32 Å². The zero-order chi connectivity index (χ0) is 16.1. The lowest BCUT2D eigenvalue weighted by Crippen LogP contribution is -2.30. The van der Waals surface area contributed by atoms with Gasteiger partial charge in [0, 0.05) is 10.7 Å². The van der Waals surface area contributed by atoms with Crippen LogP contribution in [0.15, 0.2) is 48.5 Å². The number of nitrogens with one attached hydrogen (secondary N) is 2. The van der Waals surface area contributed by atoms with E-state index in [9.17, 15) is 0 Å². The summed E-state index contributed by atoms with van der Waals surface area (Å²) in [6, 6.07) is 16.3. The highest BCUT2D eigenvalue weighted by Gasteiger charge is 2.08. The van der Waals surface area contributed by atoms with E-state index in [0.29, 0.717) is 16.1 Å². The van der Waals surface area contributed by atoms with Crippen LogP contribution >= 0.6 is 23.8 Å². The van der Waals surface area contributed by atoms with E-state index < -0.39 is 0 Å². The number of anilines is 1. The van der Waals surface area contributed by atoms with Crippen LogP contribution in [0.4, 0.5) is 5.69 Å². The fourth-order valence-electron chi connectivity index (χ4n) is 2.18. The van der Waals surface area contributed by atoms with Gasteiger partial charge in [-0.25, -0.2) is 0 Å². The van der Waals surface area contributed by atoms with Gasteiger partial charge in [-0.3, -0.25) is 0 Å². The fourth-order valence-corrected chi connectivity index (χ4v) is 2.67. The van der Waals surface area contributed by atoms with Crippen molar-refractivity contribution < 1.29 is 0 Å². The van der Waals surface area contributed by atoms with Crippen LogP contribution in [-0.4, -0.2) is 5.11 Å². The summed E-state index contributed by atoms with van der Waals surface area (Å²) in [6.07, 6.45) is 0. The SMILES string of the molecule is CC(C)c1ccc(C(C)NC(=S)Nc2cccc(Cl)c2)cc1. The van der Waals surface area contributed by atoms with E-state index in [1.54, 1.807) is 0 Å². The number of benzene rings is 2. The van der Waals surface area contributed by atoms with E-state index in [0.717, 1.165) is 5.69 Å². The van der Waals surface area contributed by atoms with Crippen LogP contribution in [0.25, 0.3) is 0 Å². The Bertz CT molecular complexity index is 638. The van der Waals surface area contributed by atoms with Crippen LogP contribution in [0.3, 0.4) is 0 Å². The van der Waals surface area contributed by atoms with E-state index in [1.807, 2.05) is 24.3 Å². The molecule has 0 saturated heterocycles. The lowest BCUT2D eigenvalue weighted by molar-refractivity contribution is 0.721. The predicted molar refractivity (Wildman–Crippen MR) is 99.8 cm³/mol. The van der Waals surface area contributed by atoms with E-state index >= 15 is 0 Å². The molecule has 2 N–H and O–H groups in total. The quantitative estimate of drug-likeness (QED) is 0.722. The van der Waals surface area contributed by atoms with Gasteiger partial charge in [0.2, 0.25) is 0 Å². The molecule has 0 amide bonds. The molecular formula is C18H21ClN2S. The van der Waals surface area contributed by atoms with Gasteiger partial charge in [0.25, 0.3) is 0 Å². The Morgan fingerprint density at radius 1 is 1.00 bits per heavy atom. The van der Waals surface area contributed by atoms with Gasteiger partial charge in [-0.05, 0) is 54.4 Å². The average molecular weight is 333 g/mol. The molecule has 0 heterocycles. The maximum atomic E-state index is 5.97. The lowest BCUT2D eigenvalue weighted by Gasteiger charge is -2.18. The number of thiocarbonyl (C=S) groups is 1. The Morgan fingerprint density at radius 2 is 1.64 bits per heavy atom. The van der Waals surface area contributed by atoms with Crippen molar-refractivity contribution in [3.63, 3.8) is 0 Å². The molecule has 0 saturated carbocycles. The van der Waals surface area contributed by atoms with Crippen LogP contribution in [0.1, 0.15) is 43.9 Å². The van der Waals surface area contributed by atoms with Crippen LogP contribution in [-0.2, 0) is 0 Å². The van der Waals surface area contributed by atoms with Crippen LogP contribution in [0, 0.1) is 0 Å². The molecule has 22 heavy (non-hydrogen) atoms. The van der Waals surface area contributed by atoms with Crippen LogP contribution in [0.5, 0.6) is 0 Å². The van der Waals surface area contributed by atoms with E-state index in [4.69, 9.17) is 23.8 Å². The Hall–Kier alpha value is -1.58. The normalized spacial score (nSPS) is 12.0. The summed E-state index contributed by atoms with van der Waals surface area (Å²) in [4.78, 5) is 0. The van der Waals surface area contributed by atoms with Gasteiger partial charge in [-0.2, -0.15) is 0 Å². The molecule has 4 heteroatoms. The van der Waals surface area contributed by atoms with E-state index in [2.05, 4.69) is 55.7 Å². The predicted octanol–water partition coefficient (Wildman–Crippen LogP) is 5.51. The first-order chi connectivity index (χ1) is 10.5. The third-order valence-corrected chi connectivity index (χ3v) is 3.99. The highest BCUT2D eigenvalue weighted by Crippen LogP contribution is 2.19. The molecule has 0 aliphatic carbocycles. The van der Waals surface area contributed by atoms with Gasteiger partial charge in [0.15, 0.2) is 5.11 Å². The van der Waals surface area contributed by atoms with Crippen molar-refractivity contribution in [3.05, 3.63) is 64.7 Å². The molecule has 0 radical (unpaired) electrons. The zero-order valence-corrected chi connectivity index (χ0v) is 14.6. The Labute approximate surface area is 142 Å². The van der Waals surface area contributed by atoms with Gasteiger partial charge >= 0.3 is 0 Å². The second kappa shape index (κ2) is 7.61. The van der Waals surface area contributed by atoms with Crippen molar-refractivity contribution in [1.82, 2.24) is 5.32 Å². The third kappa shape index (κ3) is 4.72. The molecule has 116 valence electrons. The molecule has 2 rings (SSSR count). The number of halogens is 1. The summed E-state index contributed by atoms with van der Waals surface area (Å²) in [5, 5.41) is 7.71. The molecule has 0 fully saturated rings. The minimum Gasteiger partial charge on any atom is -0.356 e.